The van der Waals surface area contributed by atoms with Crippen LogP contribution in [0.2, 0.25) is 0 Å². The van der Waals surface area contributed by atoms with Crippen LogP contribution in [-0.4, -0.2) is 33.4 Å². The first kappa shape index (κ1) is 17.2. The lowest BCUT2D eigenvalue weighted by atomic mass is 9.89. The van der Waals surface area contributed by atoms with Gasteiger partial charge >= 0.3 is 0 Å². The molecule has 0 fully saturated rings. The summed E-state index contributed by atoms with van der Waals surface area (Å²) in [7, 11) is 4.68. The average Bonchev–Trinajstić information content (AvgIpc) is 2.60. The van der Waals surface area contributed by atoms with Gasteiger partial charge in [0.1, 0.15) is 5.75 Å². The van der Waals surface area contributed by atoms with E-state index < -0.39 is 12.2 Å². The van der Waals surface area contributed by atoms with Crippen molar-refractivity contribution in [2.45, 2.75) is 19.1 Å². The summed E-state index contributed by atoms with van der Waals surface area (Å²) in [4.78, 5) is 13.0. The molecule has 2 aromatic rings. The van der Waals surface area contributed by atoms with Crippen LogP contribution >= 0.6 is 0 Å². The number of ether oxygens (including phenoxy) is 3. The molecule has 0 aliphatic heterocycles. The Labute approximate surface area is 137 Å². The number of ketones is 1. The Bertz CT molecular complexity index is 627. The molecular weight excluding hydrogens is 292 g/mol. The van der Waals surface area contributed by atoms with Crippen LogP contribution in [0.4, 0.5) is 0 Å². The Morgan fingerprint density at radius 3 is 1.91 bits per heavy atom. The first-order valence-electron chi connectivity index (χ1n) is 7.41. The number of hydrogen-bond donors (Lipinski definition) is 0. The minimum atomic E-state index is -0.655. The molecule has 0 amide bonds. The quantitative estimate of drug-likeness (QED) is 0.579. The van der Waals surface area contributed by atoms with Gasteiger partial charge in [0.2, 0.25) is 0 Å². The zero-order valence-electron chi connectivity index (χ0n) is 13.9. The maximum Gasteiger partial charge on any atom is 0.175 e. The zero-order chi connectivity index (χ0) is 16.8. The van der Waals surface area contributed by atoms with Gasteiger partial charge in [-0.3, -0.25) is 4.79 Å². The van der Waals surface area contributed by atoms with E-state index >= 15 is 0 Å². The Kier molecular flexibility index (Phi) is 5.90. The number of benzene rings is 2. The SMILES string of the molecule is COc1ccc(C(C(=O)c2ccc(C)cc2)C(OC)OC)cc1. The fourth-order valence-electron chi connectivity index (χ4n) is 2.51. The number of hydrogen-bond acceptors (Lipinski definition) is 4. The van der Waals surface area contributed by atoms with Crippen LogP contribution in [-0.2, 0) is 9.47 Å². The summed E-state index contributed by atoms with van der Waals surface area (Å²) >= 11 is 0. The van der Waals surface area contributed by atoms with Crippen molar-refractivity contribution < 1.29 is 19.0 Å². The second-order valence-electron chi connectivity index (χ2n) is 5.32. The molecule has 0 aromatic heterocycles. The van der Waals surface area contributed by atoms with Gasteiger partial charge in [-0.15, -0.1) is 0 Å². The van der Waals surface area contributed by atoms with Gasteiger partial charge in [-0.25, -0.2) is 0 Å². The number of carbonyl (C=O) groups excluding carboxylic acids is 1. The molecule has 0 bridgehead atoms. The van der Waals surface area contributed by atoms with Crippen molar-refractivity contribution in [3.8, 4) is 5.75 Å². The highest BCUT2D eigenvalue weighted by molar-refractivity contribution is 6.01. The maximum atomic E-state index is 13.0. The lowest BCUT2D eigenvalue weighted by molar-refractivity contribution is -0.110. The van der Waals surface area contributed by atoms with Crippen molar-refractivity contribution in [2.75, 3.05) is 21.3 Å². The molecular formula is C19H22O4. The highest BCUT2D eigenvalue weighted by Crippen LogP contribution is 2.28. The molecule has 0 aliphatic carbocycles. The van der Waals surface area contributed by atoms with E-state index in [4.69, 9.17) is 14.2 Å². The fourth-order valence-corrected chi connectivity index (χ4v) is 2.51. The minimum absolute atomic E-state index is 0.0381. The van der Waals surface area contributed by atoms with E-state index in [1.165, 1.54) is 14.2 Å². The summed E-state index contributed by atoms with van der Waals surface area (Å²) in [6.45, 7) is 1.99. The zero-order valence-corrected chi connectivity index (χ0v) is 13.9. The van der Waals surface area contributed by atoms with Crippen molar-refractivity contribution in [1.82, 2.24) is 0 Å². The summed E-state index contributed by atoms with van der Waals surface area (Å²) in [5.41, 5.74) is 2.57. The molecule has 122 valence electrons. The number of carbonyl (C=O) groups is 1. The van der Waals surface area contributed by atoms with Crippen molar-refractivity contribution >= 4 is 5.78 Å². The Hall–Kier alpha value is -2.17. The maximum absolute atomic E-state index is 13.0. The molecule has 0 saturated carbocycles. The summed E-state index contributed by atoms with van der Waals surface area (Å²) in [5, 5.41) is 0. The van der Waals surface area contributed by atoms with Gasteiger partial charge in [0.15, 0.2) is 12.1 Å². The second-order valence-corrected chi connectivity index (χ2v) is 5.32. The van der Waals surface area contributed by atoms with Gasteiger partial charge < -0.3 is 14.2 Å². The van der Waals surface area contributed by atoms with Crippen molar-refractivity contribution in [3.05, 3.63) is 65.2 Å². The van der Waals surface area contributed by atoms with Gasteiger partial charge in [0.25, 0.3) is 0 Å². The van der Waals surface area contributed by atoms with E-state index in [-0.39, 0.29) is 5.78 Å². The largest absolute Gasteiger partial charge is 0.497 e. The molecule has 0 aliphatic rings. The molecule has 0 N–H and O–H groups in total. The van der Waals surface area contributed by atoms with E-state index in [0.29, 0.717) is 5.56 Å². The van der Waals surface area contributed by atoms with Crippen molar-refractivity contribution in [3.63, 3.8) is 0 Å². The third-order valence-corrected chi connectivity index (χ3v) is 3.83. The third kappa shape index (κ3) is 3.97. The number of Topliss-reactive ketones (excluding diaryl/α,β-unsaturated/α-hetero) is 1. The lowest BCUT2D eigenvalue weighted by Crippen LogP contribution is -2.29. The van der Waals surface area contributed by atoms with E-state index in [1.807, 2.05) is 55.5 Å². The van der Waals surface area contributed by atoms with E-state index in [9.17, 15) is 4.79 Å². The molecule has 2 aromatic carbocycles. The predicted octanol–water partition coefficient (Wildman–Crippen LogP) is 3.59. The lowest BCUT2D eigenvalue weighted by Gasteiger charge is -2.24. The standard InChI is InChI=1S/C19H22O4/c1-13-5-7-15(8-6-13)18(20)17(19(22-3)23-4)14-9-11-16(21-2)12-10-14/h5-12,17,19H,1-4H3. The van der Waals surface area contributed by atoms with Gasteiger partial charge in [0, 0.05) is 19.8 Å². The Balaban J connectivity index is 2.40. The van der Waals surface area contributed by atoms with Crippen LogP contribution in [0.3, 0.4) is 0 Å². The molecule has 0 saturated heterocycles. The Morgan fingerprint density at radius 1 is 0.870 bits per heavy atom. The highest BCUT2D eigenvalue weighted by Gasteiger charge is 2.31. The molecule has 1 atom stereocenters. The molecule has 0 radical (unpaired) electrons. The van der Waals surface area contributed by atoms with Crippen molar-refractivity contribution in [1.29, 1.82) is 0 Å². The highest BCUT2D eigenvalue weighted by atomic mass is 16.7. The molecule has 4 heteroatoms. The van der Waals surface area contributed by atoms with E-state index in [0.717, 1.165) is 16.9 Å². The summed E-state index contributed by atoms with van der Waals surface area (Å²) in [5.74, 6) is 0.157. The van der Waals surface area contributed by atoms with Crippen LogP contribution in [0.15, 0.2) is 48.5 Å². The van der Waals surface area contributed by atoms with Crippen LogP contribution < -0.4 is 4.74 Å². The summed E-state index contributed by atoms with van der Waals surface area (Å²) < 4.78 is 15.9. The van der Waals surface area contributed by atoms with Gasteiger partial charge in [-0.1, -0.05) is 42.0 Å². The number of methoxy groups -OCH3 is 3. The molecule has 23 heavy (non-hydrogen) atoms. The number of aryl methyl sites for hydroxylation is 1. The van der Waals surface area contributed by atoms with Crippen LogP contribution in [0.1, 0.15) is 27.4 Å². The minimum Gasteiger partial charge on any atom is -0.497 e. The number of rotatable bonds is 7. The molecule has 4 nitrogen and oxygen atoms in total. The fraction of sp³-hybridized carbons (Fsp3) is 0.316. The van der Waals surface area contributed by atoms with E-state index in [2.05, 4.69) is 0 Å². The van der Waals surface area contributed by atoms with Gasteiger partial charge in [-0.05, 0) is 24.6 Å². The Morgan fingerprint density at radius 2 is 1.43 bits per heavy atom. The topological polar surface area (TPSA) is 44.8 Å². The van der Waals surface area contributed by atoms with Crippen LogP contribution in [0, 0.1) is 6.92 Å². The smallest absolute Gasteiger partial charge is 0.175 e. The average molecular weight is 314 g/mol. The first-order valence-corrected chi connectivity index (χ1v) is 7.41. The molecule has 1 unspecified atom stereocenters. The predicted molar refractivity (Wildman–Crippen MR) is 89.1 cm³/mol. The van der Waals surface area contributed by atoms with E-state index in [1.54, 1.807) is 7.11 Å². The van der Waals surface area contributed by atoms with Crippen LogP contribution in [0.25, 0.3) is 0 Å². The summed E-state index contributed by atoms with van der Waals surface area (Å²) in [6, 6.07) is 14.9. The first-order chi connectivity index (χ1) is 11.1. The van der Waals surface area contributed by atoms with Crippen LogP contribution in [0.5, 0.6) is 5.75 Å². The normalized spacial score (nSPS) is 12.2. The monoisotopic (exact) mass is 314 g/mol. The van der Waals surface area contributed by atoms with Gasteiger partial charge in [0.05, 0.1) is 13.0 Å². The second kappa shape index (κ2) is 7.90. The summed E-state index contributed by atoms with van der Waals surface area (Å²) in [6.07, 6.45) is -0.655. The molecule has 2 rings (SSSR count). The molecule has 0 heterocycles. The third-order valence-electron chi connectivity index (χ3n) is 3.83. The van der Waals surface area contributed by atoms with Crippen molar-refractivity contribution in [2.24, 2.45) is 0 Å². The molecule has 0 spiro atoms. The van der Waals surface area contributed by atoms with Gasteiger partial charge in [-0.2, -0.15) is 0 Å².